The Morgan fingerprint density at radius 2 is 2.50 bits per heavy atom. The van der Waals surface area contributed by atoms with E-state index >= 15 is 0 Å². The van der Waals surface area contributed by atoms with Gasteiger partial charge < -0.3 is 10.1 Å². The predicted octanol–water partition coefficient (Wildman–Crippen LogP) is 1.70. The maximum Gasteiger partial charge on any atom is 0.131 e. The highest BCUT2D eigenvalue weighted by Gasteiger charge is 2.15. The SMILES string of the molecule is Cc1cc([C@@H]2COCCN2)cnc1Cl. The number of aromatic nitrogens is 1. The molecule has 0 radical (unpaired) electrons. The average molecular weight is 213 g/mol. The fraction of sp³-hybridized carbons (Fsp3) is 0.500. The van der Waals surface area contributed by atoms with Gasteiger partial charge in [-0.2, -0.15) is 0 Å². The van der Waals surface area contributed by atoms with E-state index in [9.17, 15) is 0 Å². The summed E-state index contributed by atoms with van der Waals surface area (Å²) in [7, 11) is 0. The smallest absolute Gasteiger partial charge is 0.131 e. The molecule has 0 bridgehead atoms. The van der Waals surface area contributed by atoms with E-state index in [1.54, 1.807) is 0 Å². The van der Waals surface area contributed by atoms with Crippen molar-refractivity contribution in [3.63, 3.8) is 0 Å². The van der Waals surface area contributed by atoms with Crippen LogP contribution in [-0.2, 0) is 4.74 Å². The molecule has 0 aliphatic carbocycles. The number of ether oxygens (including phenoxy) is 1. The molecule has 4 heteroatoms. The van der Waals surface area contributed by atoms with Crippen LogP contribution in [0.5, 0.6) is 0 Å². The molecule has 1 saturated heterocycles. The van der Waals surface area contributed by atoms with Crippen molar-refractivity contribution in [3.05, 3.63) is 28.5 Å². The highest BCUT2D eigenvalue weighted by Crippen LogP contribution is 2.19. The normalized spacial score (nSPS) is 22.3. The van der Waals surface area contributed by atoms with E-state index in [2.05, 4.69) is 16.4 Å². The van der Waals surface area contributed by atoms with Crippen LogP contribution in [0.3, 0.4) is 0 Å². The van der Waals surface area contributed by atoms with Crippen LogP contribution >= 0.6 is 11.6 Å². The van der Waals surface area contributed by atoms with Crippen molar-refractivity contribution in [1.82, 2.24) is 10.3 Å². The van der Waals surface area contributed by atoms with Crippen LogP contribution < -0.4 is 5.32 Å². The average Bonchev–Trinajstić information content (AvgIpc) is 2.23. The standard InChI is InChI=1S/C10H13ClN2O/c1-7-4-8(5-13-10(7)11)9-6-14-3-2-12-9/h4-5,9,12H,2-3,6H2,1H3/t9-/m0/s1. The Kier molecular flexibility index (Phi) is 3.01. The molecule has 0 unspecified atom stereocenters. The van der Waals surface area contributed by atoms with Crippen LogP contribution in [0.15, 0.2) is 12.3 Å². The van der Waals surface area contributed by atoms with Gasteiger partial charge in [-0.15, -0.1) is 0 Å². The number of aryl methyl sites for hydroxylation is 1. The van der Waals surface area contributed by atoms with Crippen LogP contribution in [-0.4, -0.2) is 24.7 Å². The van der Waals surface area contributed by atoms with Gasteiger partial charge in [-0.05, 0) is 24.1 Å². The zero-order chi connectivity index (χ0) is 9.97. The highest BCUT2D eigenvalue weighted by molar-refractivity contribution is 6.30. The molecule has 1 aromatic rings. The molecule has 1 aliphatic heterocycles. The summed E-state index contributed by atoms with van der Waals surface area (Å²) in [5.41, 5.74) is 2.16. The van der Waals surface area contributed by atoms with E-state index in [1.165, 1.54) is 0 Å². The van der Waals surface area contributed by atoms with Crippen molar-refractivity contribution < 1.29 is 4.74 Å². The minimum Gasteiger partial charge on any atom is -0.378 e. The Bertz CT molecular complexity index is 324. The molecule has 0 spiro atoms. The second kappa shape index (κ2) is 4.26. The lowest BCUT2D eigenvalue weighted by atomic mass is 10.1. The number of morpholine rings is 1. The van der Waals surface area contributed by atoms with E-state index in [4.69, 9.17) is 16.3 Å². The van der Waals surface area contributed by atoms with Crippen LogP contribution in [0.2, 0.25) is 5.15 Å². The minimum atomic E-state index is 0.257. The fourth-order valence-electron chi connectivity index (χ4n) is 1.55. The van der Waals surface area contributed by atoms with Gasteiger partial charge in [-0.25, -0.2) is 4.98 Å². The van der Waals surface area contributed by atoms with Crippen molar-refractivity contribution in [2.45, 2.75) is 13.0 Å². The third-order valence-corrected chi connectivity index (χ3v) is 2.76. The largest absolute Gasteiger partial charge is 0.378 e. The van der Waals surface area contributed by atoms with Crippen molar-refractivity contribution in [2.75, 3.05) is 19.8 Å². The second-order valence-electron chi connectivity index (χ2n) is 3.46. The van der Waals surface area contributed by atoms with Gasteiger partial charge in [-0.3, -0.25) is 0 Å². The summed E-state index contributed by atoms with van der Waals surface area (Å²) in [6.07, 6.45) is 1.81. The molecule has 0 amide bonds. The van der Waals surface area contributed by atoms with E-state index in [0.717, 1.165) is 24.3 Å². The number of nitrogens with zero attached hydrogens (tertiary/aromatic N) is 1. The number of hydrogen-bond acceptors (Lipinski definition) is 3. The molecule has 1 aliphatic rings. The van der Waals surface area contributed by atoms with Gasteiger partial charge in [0.15, 0.2) is 0 Å². The molecule has 1 fully saturated rings. The van der Waals surface area contributed by atoms with Gasteiger partial charge in [0, 0.05) is 12.7 Å². The van der Waals surface area contributed by atoms with Crippen molar-refractivity contribution in [2.24, 2.45) is 0 Å². The number of halogens is 1. The van der Waals surface area contributed by atoms with E-state index in [0.29, 0.717) is 11.8 Å². The Balaban J connectivity index is 2.18. The van der Waals surface area contributed by atoms with Crippen LogP contribution in [0.4, 0.5) is 0 Å². The van der Waals surface area contributed by atoms with Gasteiger partial charge in [0.05, 0.1) is 19.3 Å². The number of rotatable bonds is 1. The molecular formula is C10H13ClN2O. The van der Waals surface area contributed by atoms with Crippen LogP contribution in [0.25, 0.3) is 0 Å². The molecule has 76 valence electrons. The maximum absolute atomic E-state index is 5.86. The molecular weight excluding hydrogens is 200 g/mol. The lowest BCUT2D eigenvalue weighted by Crippen LogP contribution is -2.34. The minimum absolute atomic E-state index is 0.257. The highest BCUT2D eigenvalue weighted by atomic mass is 35.5. The predicted molar refractivity (Wildman–Crippen MR) is 55.5 cm³/mol. The second-order valence-corrected chi connectivity index (χ2v) is 3.82. The molecule has 2 rings (SSSR count). The third kappa shape index (κ3) is 2.05. The van der Waals surface area contributed by atoms with Crippen LogP contribution in [0, 0.1) is 6.92 Å². The fourth-order valence-corrected chi connectivity index (χ4v) is 1.65. The summed E-state index contributed by atoms with van der Waals surface area (Å²) in [6.45, 7) is 4.36. The topological polar surface area (TPSA) is 34.1 Å². The molecule has 0 saturated carbocycles. The summed E-state index contributed by atoms with van der Waals surface area (Å²) in [6, 6.07) is 2.31. The summed E-state index contributed by atoms with van der Waals surface area (Å²) >= 11 is 5.86. The molecule has 14 heavy (non-hydrogen) atoms. The molecule has 1 aromatic heterocycles. The summed E-state index contributed by atoms with van der Waals surface area (Å²) < 4.78 is 5.38. The Morgan fingerprint density at radius 1 is 1.64 bits per heavy atom. The first kappa shape index (κ1) is 9.90. The maximum atomic E-state index is 5.86. The van der Waals surface area contributed by atoms with Gasteiger partial charge >= 0.3 is 0 Å². The van der Waals surface area contributed by atoms with Gasteiger partial charge in [0.25, 0.3) is 0 Å². The van der Waals surface area contributed by atoms with E-state index < -0.39 is 0 Å². The first-order valence-corrected chi connectivity index (χ1v) is 5.08. The number of pyridine rings is 1. The molecule has 1 N–H and O–H groups in total. The Hall–Kier alpha value is -0.640. The Labute approximate surface area is 88.4 Å². The summed E-state index contributed by atoms with van der Waals surface area (Å²) in [5, 5.41) is 3.95. The van der Waals surface area contributed by atoms with Gasteiger partial charge in [0.1, 0.15) is 5.15 Å². The lowest BCUT2D eigenvalue weighted by Gasteiger charge is -2.24. The first-order chi connectivity index (χ1) is 6.77. The van der Waals surface area contributed by atoms with E-state index in [1.807, 2.05) is 13.1 Å². The quantitative estimate of drug-likeness (QED) is 0.720. The van der Waals surface area contributed by atoms with Crippen molar-refractivity contribution >= 4 is 11.6 Å². The van der Waals surface area contributed by atoms with E-state index in [-0.39, 0.29) is 6.04 Å². The number of hydrogen-bond donors (Lipinski definition) is 1. The van der Waals surface area contributed by atoms with Crippen LogP contribution in [0.1, 0.15) is 17.2 Å². The molecule has 2 heterocycles. The first-order valence-electron chi connectivity index (χ1n) is 4.70. The summed E-state index contributed by atoms with van der Waals surface area (Å²) in [4.78, 5) is 4.12. The Morgan fingerprint density at radius 3 is 3.14 bits per heavy atom. The zero-order valence-corrected chi connectivity index (χ0v) is 8.84. The van der Waals surface area contributed by atoms with Crippen molar-refractivity contribution in [3.8, 4) is 0 Å². The molecule has 3 nitrogen and oxygen atoms in total. The monoisotopic (exact) mass is 212 g/mol. The van der Waals surface area contributed by atoms with Gasteiger partial charge in [-0.1, -0.05) is 11.6 Å². The summed E-state index contributed by atoms with van der Waals surface area (Å²) in [5.74, 6) is 0. The lowest BCUT2D eigenvalue weighted by molar-refractivity contribution is 0.0767. The number of nitrogens with one attached hydrogen (secondary N) is 1. The third-order valence-electron chi connectivity index (χ3n) is 2.36. The molecule has 1 atom stereocenters. The molecule has 0 aromatic carbocycles. The zero-order valence-electron chi connectivity index (χ0n) is 8.09. The van der Waals surface area contributed by atoms with Gasteiger partial charge in [0.2, 0.25) is 0 Å². The van der Waals surface area contributed by atoms with Crippen molar-refractivity contribution in [1.29, 1.82) is 0 Å².